The number of alkyl halides is 3. The summed E-state index contributed by atoms with van der Waals surface area (Å²) >= 11 is 0. The zero-order chi connectivity index (χ0) is 26.3. The first-order chi connectivity index (χ1) is 15.4. The third-order valence-electron chi connectivity index (χ3n) is 5.04. The van der Waals surface area contributed by atoms with Gasteiger partial charge in [0.2, 0.25) is 0 Å². The zero-order valence-electron chi connectivity index (χ0n) is 21.0. The van der Waals surface area contributed by atoms with E-state index in [0.29, 0.717) is 25.9 Å². The van der Waals surface area contributed by atoms with E-state index >= 15 is 0 Å². The highest BCUT2D eigenvalue weighted by Crippen LogP contribution is 2.22. The van der Waals surface area contributed by atoms with Gasteiger partial charge in [0.25, 0.3) is 0 Å². The molecule has 34 heavy (non-hydrogen) atoms. The molecule has 2 atom stereocenters. The molecule has 2 saturated heterocycles. The quantitative estimate of drug-likeness (QED) is 0.619. The number of likely N-dealkylation sites (tertiary alicyclic amines) is 2. The molecule has 0 spiro atoms. The Bertz CT molecular complexity index is 704. The Morgan fingerprint density at radius 3 is 1.65 bits per heavy atom. The summed E-state index contributed by atoms with van der Waals surface area (Å²) in [5.41, 5.74) is 4.49. The second kappa shape index (κ2) is 11.9. The molecule has 12 heteroatoms. The van der Waals surface area contributed by atoms with Crippen LogP contribution in [0.15, 0.2) is 0 Å². The van der Waals surface area contributed by atoms with Crippen molar-refractivity contribution in [1.82, 2.24) is 15.1 Å². The van der Waals surface area contributed by atoms with E-state index in [-0.39, 0.29) is 18.7 Å². The van der Waals surface area contributed by atoms with Crippen LogP contribution in [-0.4, -0.2) is 83.5 Å². The van der Waals surface area contributed by atoms with Gasteiger partial charge in [-0.25, -0.2) is 9.59 Å². The molecule has 0 radical (unpaired) electrons. The van der Waals surface area contributed by atoms with Crippen LogP contribution in [0.3, 0.4) is 0 Å². The molecule has 0 aromatic rings. The summed E-state index contributed by atoms with van der Waals surface area (Å²) in [4.78, 5) is 37.4. The summed E-state index contributed by atoms with van der Waals surface area (Å²) in [6.45, 7) is 12.2. The Kier molecular flexibility index (Phi) is 10.5. The Balaban J connectivity index is 0.000000362. The van der Waals surface area contributed by atoms with Crippen molar-refractivity contribution < 1.29 is 37.0 Å². The summed E-state index contributed by atoms with van der Waals surface area (Å²) in [5, 5.41) is 1.80. The highest BCUT2D eigenvalue weighted by molar-refractivity contribution is 5.81. The average Bonchev–Trinajstić information content (AvgIpc) is 3.32. The molecule has 0 aromatic heterocycles. The van der Waals surface area contributed by atoms with Gasteiger partial charge in [0, 0.05) is 32.2 Å². The van der Waals surface area contributed by atoms with E-state index in [0.717, 1.165) is 19.4 Å². The van der Waals surface area contributed by atoms with Crippen LogP contribution in [0, 0.1) is 0 Å². The molecular formula is C22H39F3N4O5. The molecule has 2 heterocycles. The number of amides is 3. The van der Waals surface area contributed by atoms with Gasteiger partial charge in [-0.15, -0.1) is 0 Å². The normalized spacial score (nSPS) is 21.0. The molecular weight excluding hydrogens is 457 g/mol. The third-order valence-corrected chi connectivity index (χ3v) is 5.04. The highest BCUT2D eigenvalue weighted by atomic mass is 19.4. The summed E-state index contributed by atoms with van der Waals surface area (Å²) in [6, 6.07) is -0.291. The van der Waals surface area contributed by atoms with E-state index < -0.39 is 35.4 Å². The zero-order valence-corrected chi connectivity index (χ0v) is 21.0. The molecule has 2 aliphatic rings. The fourth-order valence-corrected chi connectivity index (χ4v) is 3.56. The number of rotatable bonds is 3. The minimum atomic E-state index is -4.91. The van der Waals surface area contributed by atoms with Gasteiger partial charge >= 0.3 is 24.3 Å². The SMILES string of the molecule is CC(C)(C)OC(=O)N1CCC[C@H]1CN.CC(C)(C)OC(=O)N1CCC[C@H]1CNC(=O)C(F)(F)F. The summed E-state index contributed by atoms with van der Waals surface area (Å²) in [6.07, 6.45) is -2.47. The van der Waals surface area contributed by atoms with Crippen LogP contribution < -0.4 is 11.1 Å². The van der Waals surface area contributed by atoms with Crippen molar-refractivity contribution in [2.45, 2.75) is 96.7 Å². The van der Waals surface area contributed by atoms with E-state index in [2.05, 4.69) is 0 Å². The number of ether oxygens (including phenoxy) is 2. The monoisotopic (exact) mass is 496 g/mol. The second-order valence-electron chi connectivity index (χ2n) is 10.4. The standard InChI is InChI=1S/C12H19F3N2O3.C10H20N2O2/c1-11(2,3)20-10(19)17-6-4-5-8(17)7-16-9(18)12(13,14)15;1-10(2,3)14-9(13)12-6-4-5-8(12)7-11/h8H,4-7H2,1-3H3,(H,16,18);8H,4-7,11H2,1-3H3/t2*8-/m00/s1. The summed E-state index contributed by atoms with van der Waals surface area (Å²) in [7, 11) is 0. The lowest BCUT2D eigenvalue weighted by Crippen LogP contribution is -2.47. The van der Waals surface area contributed by atoms with Gasteiger partial charge in [-0.2, -0.15) is 13.2 Å². The lowest BCUT2D eigenvalue weighted by Gasteiger charge is -2.28. The van der Waals surface area contributed by atoms with Crippen molar-refractivity contribution in [3.8, 4) is 0 Å². The Labute approximate surface area is 199 Å². The van der Waals surface area contributed by atoms with Gasteiger partial charge in [-0.1, -0.05) is 0 Å². The Morgan fingerprint density at radius 2 is 1.26 bits per heavy atom. The average molecular weight is 497 g/mol. The number of hydrogen-bond donors (Lipinski definition) is 2. The van der Waals surface area contributed by atoms with E-state index in [9.17, 15) is 27.6 Å². The van der Waals surface area contributed by atoms with Crippen LogP contribution in [0.25, 0.3) is 0 Å². The Hall–Kier alpha value is -2.24. The number of nitrogens with two attached hydrogens (primary N) is 1. The number of hydrogen-bond acceptors (Lipinski definition) is 6. The fourth-order valence-electron chi connectivity index (χ4n) is 3.56. The van der Waals surface area contributed by atoms with Gasteiger partial charge in [-0.05, 0) is 67.2 Å². The van der Waals surface area contributed by atoms with E-state index in [4.69, 9.17) is 15.2 Å². The molecule has 0 unspecified atom stereocenters. The predicted molar refractivity (Wildman–Crippen MR) is 120 cm³/mol. The van der Waals surface area contributed by atoms with Gasteiger partial charge in [-0.3, -0.25) is 4.79 Å². The second-order valence-corrected chi connectivity index (χ2v) is 10.4. The number of carbonyl (C=O) groups is 3. The lowest BCUT2D eigenvalue weighted by atomic mass is 10.2. The molecule has 2 rings (SSSR count). The van der Waals surface area contributed by atoms with Gasteiger partial charge in [0.05, 0.1) is 6.04 Å². The van der Waals surface area contributed by atoms with Crippen molar-refractivity contribution in [2.75, 3.05) is 26.2 Å². The smallest absolute Gasteiger partial charge is 0.444 e. The van der Waals surface area contributed by atoms with Gasteiger partial charge in [0.1, 0.15) is 11.2 Å². The molecule has 3 amide bonds. The molecule has 3 N–H and O–H groups in total. The van der Waals surface area contributed by atoms with Crippen LogP contribution >= 0.6 is 0 Å². The van der Waals surface area contributed by atoms with Gasteiger partial charge in [0.15, 0.2) is 0 Å². The largest absolute Gasteiger partial charge is 0.471 e. The van der Waals surface area contributed by atoms with Crippen LogP contribution in [0.1, 0.15) is 67.2 Å². The molecule has 9 nitrogen and oxygen atoms in total. The first kappa shape index (κ1) is 29.8. The van der Waals surface area contributed by atoms with Crippen molar-refractivity contribution in [3.05, 3.63) is 0 Å². The predicted octanol–water partition coefficient (Wildman–Crippen LogP) is 3.41. The maximum absolute atomic E-state index is 12.1. The van der Waals surface area contributed by atoms with Crippen molar-refractivity contribution in [1.29, 1.82) is 0 Å². The van der Waals surface area contributed by atoms with Crippen molar-refractivity contribution >= 4 is 18.1 Å². The summed E-state index contributed by atoms with van der Waals surface area (Å²) in [5.74, 6) is -1.99. The number of carbonyl (C=O) groups excluding carboxylic acids is 3. The molecule has 2 fully saturated rings. The van der Waals surface area contributed by atoms with E-state index in [1.165, 1.54) is 4.90 Å². The van der Waals surface area contributed by atoms with Gasteiger partial charge < -0.3 is 30.3 Å². The molecule has 0 saturated carbocycles. The van der Waals surface area contributed by atoms with Crippen molar-refractivity contribution in [2.24, 2.45) is 5.73 Å². The van der Waals surface area contributed by atoms with Crippen molar-refractivity contribution in [3.63, 3.8) is 0 Å². The van der Waals surface area contributed by atoms with E-state index in [1.54, 1.807) is 31.0 Å². The molecule has 0 aliphatic carbocycles. The molecule has 0 aromatic carbocycles. The maximum atomic E-state index is 12.1. The lowest BCUT2D eigenvalue weighted by molar-refractivity contribution is -0.173. The van der Waals surface area contributed by atoms with Crippen LogP contribution in [0.2, 0.25) is 0 Å². The fraction of sp³-hybridized carbons (Fsp3) is 0.864. The molecule has 198 valence electrons. The third kappa shape index (κ3) is 10.4. The minimum Gasteiger partial charge on any atom is -0.444 e. The topological polar surface area (TPSA) is 114 Å². The highest BCUT2D eigenvalue weighted by Gasteiger charge is 2.40. The number of halogens is 3. The van der Waals surface area contributed by atoms with Crippen LogP contribution in [0.4, 0.5) is 22.8 Å². The first-order valence-corrected chi connectivity index (χ1v) is 11.5. The molecule has 0 bridgehead atoms. The first-order valence-electron chi connectivity index (χ1n) is 11.5. The number of nitrogens with zero attached hydrogens (tertiary/aromatic N) is 2. The Morgan fingerprint density at radius 1 is 0.853 bits per heavy atom. The van der Waals surface area contributed by atoms with E-state index in [1.807, 2.05) is 20.8 Å². The maximum Gasteiger partial charge on any atom is 0.471 e. The minimum absolute atomic E-state index is 0.171. The van der Waals surface area contributed by atoms with Crippen LogP contribution in [-0.2, 0) is 14.3 Å². The van der Waals surface area contributed by atoms with Crippen LogP contribution in [0.5, 0.6) is 0 Å². The summed E-state index contributed by atoms with van der Waals surface area (Å²) < 4.78 is 46.7. The number of nitrogens with one attached hydrogen (secondary N) is 1. The molecule has 2 aliphatic heterocycles.